The molecule has 4 nitrogen and oxygen atoms in total. The first-order valence-electron chi connectivity index (χ1n) is 7.10. The summed E-state index contributed by atoms with van der Waals surface area (Å²) in [5, 5.41) is 0. The van der Waals surface area contributed by atoms with E-state index in [4.69, 9.17) is 8.92 Å². The summed E-state index contributed by atoms with van der Waals surface area (Å²) < 4.78 is 34.2. The topological polar surface area (TPSA) is 52.6 Å². The summed E-state index contributed by atoms with van der Waals surface area (Å²) >= 11 is 0. The highest BCUT2D eigenvalue weighted by Gasteiger charge is 2.14. The molecule has 0 heterocycles. The van der Waals surface area contributed by atoms with E-state index in [0.29, 0.717) is 6.42 Å². The van der Waals surface area contributed by atoms with Crippen molar-refractivity contribution in [2.45, 2.75) is 24.7 Å². The molecule has 0 fully saturated rings. The highest BCUT2D eigenvalue weighted by molar-refractivity contribution is 7.86. The highest BCUT2D eigenvalue weighted by atomic mass is 32.2. The van der Waals surface area contributed by atoms with E-state index >= 15 is 0 Å². The Morgan fingerprint density at radius 2 is 1.59 bits per heavy atom. The van der Waals surface area contributed by atoms with E-state index in [1.807, 2.05) is 31.2 Å². The third-order valence-corrected chi connectivity index (χ3v) is 4.64. The normalized spacial score (nSPS) is 11.4. The lowest BCUT2D eigenvalue weighted by atomic mass is 10.1. The van der Waals surface area contributed by atoms with Crippen molar-refractivity contribution in [3.63, 3.8) is 0 Å². The summed E-state index contributed by atoms with van der Waals surface area (Å²) in [5.74, 6) is 0.807. The second-order valence-electron chi connectivity index (χ2n) is 5.04. The van der Waals surface area contributed by atoms with Gasteiger partial charge < -0.3 is 4.74 Å². The van der Waals surface area contributed by atoms with Crippen LogP contribution in [0, 0.1) is 6.92 Å². The maximum Gasteiger partial charge on any atom is 0.296 e. The van der Waals surface area contributed by atoms with Gasteiger partial charge in [0.1, 0.15) is 5.75 Å². The van der Waals surface area contributed by atoms with Crippen LogP contribution in [0.1, 0.15) is 17.5 Å². The van der Waals surface area contributed by atoms with Crippen molar-refractivity contribution in [1.29, 1.82) is 0 Å². The summed E-state index contributed by atoms with van der Waals surface area (Å²) in [4.78, 5) is 0.197. The highest BCUT2D eigenvalue weighted by Crippen LogP contribution is 2.15. The number of methoxy groups -OCH3 is 1. The van der Waals surface area contributed by atoms with Gasteiger partial charge in [-0.05, 0) is 49.6 Å². The Labute approximate surface area is 131 Å². The summed E-state index contributed by atoms with van der Waals surface area (Å²) in [6.45, 7) is 2.08. The SMILES string of the molecule is COc1ccc(CCCOS(=O)(=O)c2ccc(C)cc2)cc1. The molecule has 0 saturated carbocycles. The van der Waals surface area contributed by atoms with Crippen molar-refractivity contribution >= 4 is 10.1 Å². The molecule has 0 radical (unpaired) electrons. The molecule has 0 saturated heterocycles. The van der Waals surface area contributed by atoms with Crippen molar-refractivity contribution in [3.8, 4) is 5.75 Å². The van der Waals surface area contributed by atoms with Gasteiger partial charge in [-0.15, -0.1) is 0 Å². The number of hydrogen-bond acceptors (Lipinski definition) is 4. The van der Waals surface area contributed by atoms with Gasteiger partial charge in [0, 0.05) is 0 Å². The van der Waals surface area contributed by atoms with E-state index in [-0.39, 0.29) is 11.5 Å². The Hall–Kier alpha value is -1.85. The molecule has 118 valence electrons. The molecule has 0 unspecified atom stereocenters. The monoisotopic (exact) mass is 320 g/mol. The number of ether oxygens (including phenoxy) is 1. The quantitative estimate of drug-likeness (QED) is 0.580. The van der Waals surface area contributed by atoms with Crippen LogP contribution >= 0.6 is 0 Å². The molecule has 2 aromatic carbocycles. The molecule has 0 N–H and O–H groups in total. The first-order chi connectivity index (χ1) is 10.5. The summed E-state index contributed by atoms with van der Waals surface area (Å²) in [5.41, 5.74) is 2.13. The molecule has 0 aliphatic heterocycles. The van der Waals surface area contributed by atoms with Crippen LogP contribution in [0.15, 0.2) is 53.4 Å². The molecule has 0 aromatic heterocycles. The van der Waals surface area contributed by atoms with Crippen LogP contribution in [0.5, 0.6) is 5.75 Å². The van der Waals surface area contributed by atoms with Crippen LogP contribution in [0.3, 0.4) is 0 Å². The molecule has 2 aromatic rings. The van der Waals surface area contributed by atoms with Crippen LogP contribution in [0.4, 0.5) is 0 Å². The van der Waals surface area contributed by atoms with E-state index in [0.717, 1.165) is 23.3 Å². The second kappa shape index (κ2) is 7.42. The van der Waals surface area contributed by atoms with Crippen molar-refractivity contribution in [2.24, 2.45) is 0 Å². The lowest BCUT2D eigenvalue weighted by Gasteiger charge is -2.06. The van der Waals surface area contributed by atoms with Gasteiger partial charge >= 0.3 is 0 Å². The standard InChI is InChI=1S/C17H20O4S/c1-14-5-11-17(12-6-14)22(18,19)21-13-3-4-15-7-9-16(20-2)10-8-15/h5-12H,3-4,13H2,1-2H3. The minimum Gasteiger partial charge on any atom is -0.497 e. The number of hydrogen-bond donors (Lipinski definition) is 0. The van der Waals surface area contributed by atoms with E-state index in [2.05, 4.69) is 0 Å². The van der Waals surface area contributed by atoms with Crippen LogP contribution in [-0.4, -0.2) is 22.1 Å². The van der Waals surface area contributed by atoms with E-state index in [1.54, 1.807) is 31.4 Å². The average Bonchev–Trinajstić information content (AvgIpc) is 2.52. The maximum atomic E-state index is 12.0. The second-order valence-corrected chi connectivity index (χ2v) is 6.66. The number of aryl methyl sites for hydroxylation is 2. The Morgan fingerprint density at radius 1 is 0.955 bits per heavy atom. The van der Waals surface area contributed by atoms with Gasteiger partial charge in [0.2, 0.25) is 0 Å². The zero-order valence-electron chi connectivity index (χ0n) is 12.8. The van der Waals surface area contributed by atoms with E-state index < -0.39 is 10.1 Å². The molecule has 22 heavy (non-hydrogen) atoms. The summed E-state index contributed by atoms with van der Waals surface area (Å²) in [7, 11) is -2.04. The van der Waals surface area contributed by atoms with Gasteiger partial charge in [-0.25, -0.2) is 0 Å². The van der Waals surface area contributed by atoms with Crippen LogP contribution < -0.4 is 4.74 Å². The molecule has 0 atom stereocenters. The largest absolute Gasteiger partial charge is 0.497 e. The smallest absolute Gasteiger partial charge is 0.296 e. The summed E-state index contributed by atoms with van der Waals surface area (Å²) in [6.07, 6.45) is 1.39. The Kier molecular flexibility index (Phi) is 5.57. The summed E-state index contributed by atoms with van der Waals surface area (Å²) in [6, 6.07) is 14.3. The van der Waals surface area contributed by atoms with Crippen molar-refractivity contribution in [2.75, 3.05) is 13.7 Å². The van der Waals surface area contributed by atoms with Gasteiger partial charge in [-0.2, -0.15) is 8.42 Å². The van der Waals surface area contributed by atoms with Crippen molar-refractivity contribution < 1.29 is 17.3 Å². The third-order valence-electron chi connectivity index (χ3n) is 3.32. The fourth-order valence-corrected chi connectivity index (χ4v) is 2.95. The molecule has 0 aliphatic rings. The predicted molar refractivity (Wildman–Crippen MR) is 85.6 cm³/mol. The zero-order valence-corrected chi connectivity index (χ0v) is 13.6. The molecule has 2 rings (SSSR count). The molecule has 0 bridgehead atoms. The van der Waals surface area contributed by atoms with Crippen LogP contribution in [0.25, 0.3) is 0 Å². The Morgan fingerprint density at radius 3 is 2.18 bits per heavy atom. The lowest BCUT2D eigenvalue weighted by Crippen LogP contribution is -2.08. The fraction of sp³-hybridized carbons (Fsp3) is 0.294. The molecule has 0 spiro atoms. The lowest BCUT2D eigenvalue weighted by molar-refractivity contribution is 0.312. The van der Waals surface area contributed by atoms with E-state index in [9.17, 15) is 8.42 Å². The fourth-order valence-electron chi connectivity index (χ4n) is 2.01. The van der Waals surface area contributed by atoms with Gasteiger partial charge in [0.25, 0.3) is 10.1 Å². The Balaban J connectivity index is 1.83. The minimum atomic E-state index is -3.66. The molecular weight excluding hydrogens is 300 g/mol. The third kappa shape index (κ3) is 4.58. The van der Waals surface area contributed by atoms with Crippen LogP contribution in [0.2, 0.25) is 0 Å². The van der Waals surface area contributed by atoms with Crippen molar-refractivity contribution in [1.82, 2.24) is 0 Å². The van der Waals surface area contributed by atoms with Crippen molar-refractivity contribution in [3.05, 3.63) is 59.7 Å². The molecule has 5 heteroatoms. The number of rotatable bonds is 7. The molecule has 0 amide bonds. The Bertz CT molecular complexity index is 688. The van der Waals surface area contributed by atoms with Gasteiger partial charge in [-0.1, -0.05) is 29.8 Å². The predicted octanol–water partition coefficient (Wildman–Crippen LogP) is 3.34. The first-order valence-corrected chi connectivity index (χ1v) is 8.51. The van der Waals surface area contributed by atoms with Crippen LogP contribution in [-0.2, 0) is 20.7 Å². The average molecular weight is 320 g/mol. The zero-order chi connectivity index (χ0) is 16.0. The van der Waals surface area contributed by atoms with Gasteiger partial charge in [0.15, 0.2) is 0 Å². The molecule has 0 aliphatic carbocycles. The number of benzene rings is 2. The first kappa shape index (κ1) is 16.5. The molecular formula is C17H20O4S. The van der Waals surface area contributed by atoms with Gasteiger partial charge in [-0.3, -0.25) is 4.18 Å². The van der Waals surface area contributed by atoms with Gasteiger partial charge in [0.05, 0.1) is 18.6 Å². The van der Waals surface area contributed by atoms with E-state index in [1.165, 1.54) is 0 Å². The minimum absolute atomic E-state index is 0.169. The maximum absolute atomic E-state index is 12.0.